The summed E-state index contributed by atoms with van der Waals surface area (Å²) in [6, 6.07) is 5.80. The number of hydrogen-bond donors (Lipinski definition) is 1. The number of likely N-dealkylation sites (N-methyl/N-ethyl adjacent to an activating group) is 1. The summed E-state index contributed by atoms with van der Waals surface area (Å²) in [7, 11) is 1.69. The first-order chi connectivity index (χ1) is 9.56. The average Bonchev–Trinajstić information content (AvgIpc) is 2.43. The molecule has 3 nitrogen and oxygen atoms in total. The lowest BCUT2D eigenvalue weighted by Gasteiger charge is -2.20. The van der Waals surface area contributed by atoms with Crippen molar-refractivity contribution < 1.29 is 9.13 Å². The van der Waals surface area contributed by atoms with Gasteiger partial charge < -0.3 is 10.1 Å². The SMILES string of the molecule is CCN(CCOC)Cc1cc(CNC(C)C)ccc1F. The van der Waals surface area contributed by atoms with Gasteiger partial charge in [-0.25, -0.2) is 4.39 Å². The number of rotatable bonds is 9. The normalized spacial score (nSPS) is 11.6. The molecule has 1 aromatic carbocycles. The summed E-state index contributed by atoms with van der Waals surface area (Å²) in [5, 5.41) is 3.35. The fourth-order valence-corrected chi connectivity index (χ4v) is 1.99. The van der Waals surface area contributed by atoms with Crippen molar-refractivity contribution in [1.29, 1.82) is 0 Å². The van der Waals surface area contributed by atoms with E-state index in [4.69, 9.17) is 4.74 Å². The summed E-state index contributed by atoms with van der Waals surface area (Å²) < 4.78 is 19.0. The van der Waals surface area contributed by atoms with Gasteiger partial charge in [0.15, 0.2) is 0 Å². The van der Waals surface area contributed by atoms with Crippen LogP contribution in [0.3, 0.4) is 0 Å². The smallest absolute Gasteiger partial charge is 0.127 e. The molecule has 0 saturated carbocycles. The number of methoxy groups -OCH3 is 1. The van der Waals surface area contributed by atoms with E-state index in [1.54, 1.807) is 13.2 Å². The van der Waals surface area contributed by atoms with Crippen LogP contribution in [0.1, 0.15) is 31.9 Å². The van der Waals surface area contributed by atoms with Crippen LogP contribution in [0, 0.1) is 5.82 Å². The van der Waals surface area contributed by atoms with Gasteiger partial charge >= 0.3 is 0 Å². The number of benzene rings is 1. The molecule has 20 heavy (non-hydrogen) atoms. The Kier molecular flexibility index (Phi) is 7.73. The van der Waals surface area contributed by atoms with E-state index in [-0.39, 0.29) is 5.82 Å². The van der Waals surface area contributed by atoms with Gasteiger partial charge in [0, 0.05) is 38.3 Å². The van der Waals surface area contributed by atoms with Crippen LogP contribution >= 0.6 is 0 Å². The maximum Gasteiger partial charge on any atom is 0.127 e. The van der Waals surface area contributed by atoms with Crippen LogP contribution < -0.4 is 5.32 Å². The van der Waals surface area contributed by atoms with Gasteiger partial charge in [-0.2, -0.15) is 0 Å². The highest BCUT2D eigenvalue weighted by Crippen LogP contribution is 2.13. The Labute approximate surface area is 122 Å². The largest absolute Gasteiger partial charge is 0.383 e. The third kappa shape index (κ3) is 5.99. The van der Waals surface area contributed by atoms with Crippen molar-refractivity contribution in [3.8, 4) is 0 Å². The number of halogens is 1. The maximum atomic E-state index is 13.9. The van der Waals surface area contributed by atoms with Crippen LogP contribution in [0.4, 0.5) is 4.39 Å². The van der Waals surface area contributed by atoms with Crippen molar-refractivity contribution in [3.05, 3.63) is 35.1 Å². The van der Waals surface area contributed by atoms with Crippen molar-refractivity contribution in [2.24, 2.45) is 0 Å². The standard InChI is InChI=1S/C16H27FN2O/c1-5-19(8-9-20-4)12-15-10-14(6-7-16(15)17)11-18-13(2)3/h6-7,10,13,18H,5,8-9,11-12H2,1-4H3. The highest BCUT2D eigenvalue weighted by molar-refractivity contribution is 5.25. The average molecular weight is 282 g/mol. The van der Waals surface area contributed by atoms with Crippen molar-refractivity contribution in [1.82, 2.24) is 10.2 Å². The number of nitrogens with one attached hydrogen (secondary N) is 1. The van der Waals surface area contributed by atoms with Crippen LogP contribution in [-0.4, -0.2) is 37.7 Å². The van der Waals surface area contributed by atoms with E-state index in [0.29, 0.717) is 19.2 Å². The lowest BCUT2D eigenvalue weighted by molar-refractivity contribution is 0.147. The van der Waals surface area contributed by atoms with Gasteiger partial charge in [0.05, 0.1) is 6.61 Å². The van der Waals surface area contributed by atoms with Gasteiger partial charge in [0.1, 0.15) is 5.82 Å². The zero-order valence-electron chi connectivity index (χ0n) is 13.1. The molecule has 0 radical (unpaired) electrons. The molecule has 0 aliphatic carbocycles. The minimum Gasteiger partial charge on any atom is -0.383 e. The molecule has 0 aliphatic heterocycles. The van der Waals surface area contributed by atoms with Gasteiger partial charge in [-0.3, -0.25) is 4.90 Å². The lowest BCUT2D eigenvalue weighted by Crippen LogP contribution is -2.27. The molecule has 0 bridgehead atoms. The fourth-order valence-electron chi connectivity index (χ4n) is 1.99. The van der Waals surface area contributed by atoms with Gasteiger partial charge in [-0.05, 0) is 18.2 Å². The Balaban J connectivity index is 2.69. The second-order valence-electron chi connectivity index (χ2n) is 5.32. The van der Waals surface area contributed by atoms with Crippen LogP contribution in [0.25, 0.3) is 0 Å². The second-order valence-corrected chi connectivity index (χ2v) is 5.32. The monoisotopic (exact) mass is 282 g/mol. The van der Waals surface area contributed by atoms with Crippen LogP contribution in [0.15, 0.2) is 18.2 Å². The van der Waals surface area contributed by atoms with Gasteiger partial charge in [-0.1, -0.05) is 32.9 Å². The summed E-state index contributed by atoms with van der Waals surface area (Å²) in [6.45, 7) is 10.1. The highest BCUT2D eigenvalue weighted by atomic mass is 19.1. The minimum atomic E-state index is -0.130. The van der Waals surface area contributed by atoms with E-state index in [2.05, 4.69) is 31.0 Å². The Morgan fingerprint density at radius 3 is 2.70 bits per heavy atom. The van der Waals surface area contributed by atoms with Crippen molar-refractivity contribution in [2.75, 3.05) is 26.8 Å². The molecule has 0 aromatic heterocycles. The molecule has 0 atom stereocenters. The molecule has 0 fully saturated rings. The van der Waals surface area contributed by atoms with Crippen LogP contribution in [0.5, 0.6) is 0 Å². The molecule has 0 amide bonds. The van der Waals surface area contributed by atoms with Crippen molar-refractivity contribution >= 4 is 0 Å². The molecule has 1 aromatic rings. The second kappa shape index (κ2) is 9.06. The zero-order chi connectivity index (χ0) is 15.0. The van der Waals surface area contributed by atoms with E-state index < -0.39 is 0 Å². The first-order valence-corrected chi connectivity index (χ1v) is 7.28. The van der Waals surface area contributed by atoms with Crippen LogP contribution in [-0.2, 0) is 17.8 Å². The first-order valence-electron chi connectivity index (χ1n) is 7.28. The molecular weight excluding hydrogens is 255 g/mol. The molecule has 0 saturated heterocycles. The third-order valence-electron chi connectivity index (χ3n) is 3.28. The Morgan fingerprint density at radius 2 is 2.10 bits per heavy atom. The Bertz CT molecular complexity index is 396. The fraction of sp³-hybridized carbons (Fsp3) is 0.625. The molecular formula is C16H27FN2O. The molecule has 4 heteroatoms. The summed E-state index contributed by atoms with van der Waals surface area (Å²) >= 11 is 0. The summed E-state index contributed by atoms with van der Waals surface area (Å²) in [4.78, 5) is 2.18. The van der Waals surface area contributed by atoms with Gasteiger partial charge in [0.25, 0.3) is 0 Å². The number of hydrogen-bond acceptors (Lipinski definition) is 3. The van der Waals surface area contributed by atoms with E-state index in [0.717, 1.165) is 30.8 Å². The van der Waals surface area contributed by atoms with Crippen molar-refractivity contribution in [2.45, 2.75) is 39.9 Å². The quantitative estimate of drug-likeness (QED) is 0.754. The summed E-state index contributed by atoms with van der Waals surface area (Å²) in [5.41, 5.74) is 1.88. The zero-order valence-corrected chi connectivity index (χ0v) is 13.1. The Hall–Kier alpha value is -0.970. The highest BCUT2D eigenvalue weighted by Gasteiger charge is 2.09. The predicted molar refractivity (Wildman–Crippen MR) is 81.2 cm³/mol. The molecule has 1 rings (SSSR count). The van der Waals surface area contributed by atoms with E-state index in [1.807, 2.05) is 12.1 Å². The van der Waals surface area contributed by atoms with E-state index in [9.17, 15) is 4.39 Å². The molecule has 114 valence electrons. The number of nitrogens with zero attached hydrogens (tertiary/aromatic N) is 1. The van der Waals surface area contributed by atoms with Crippen molar-refractivity contribution in [3.63, 3.8) is 0 Å². The maximum absolute atomic E-state index is 13.9. The van der Waals surface area contributed by atoms with E-state index >= 15 is 0 Å². The van der Waals surface area contributed by atoms with Crippen LogP contribution in [0.2, 0.25) is 0 Å². The molecule has 0 spiro atoms. The Morgan fingerprint density at radius 1 is 1.35 bits per heavy atom. The van der Waals surface area contributed by atoms with E-state index in [1.165, 1.54) is 0 Å². The van der Waals surface area contributed by atoms with Gasteiger partial charge in [0.2, 0.25) is 0 Å². The summed E-state index contributed by atoms with van der Waals surface area (Å²) in [5.74, 6) is -0.130. The summed E-state index contributed by atoms with van der Waals surface area (Å²) in [6.07, 6.45) is 0. The predicted octanol–water partition coefficient (Wildman–Crippen LogP) is 2.79. The molecule has 0 aliphatic rings. The molecule has 1 N–H and O–H groups in total. The first kappa shape index (κ1) is 17.1. The third-order valence-corrected chi connectivity index (χ3v) is 3.28. The van der Waals surface area contributed by atoms with Gasteiger partial charge in [-0.15, -0.1) is 0 Å². The molecule has 0 unspecified atom stereocenters. The molecule has 0 heterocycles. The number of ether oxygens (including phenoxy) is 1. The minimum absolute atomic E-state index is 0.130. The topological polar surface area (TPSA) is 24.5 Å². The lowest BCUT2D eigenvalue weighted by atomic mass is 10.1.